The van der Waals surface area contributed by atoms with E-state index < -0.39 is 10.0 Å². The van der Waals surface area contributed by atoms with Crippen LogP contribution in [0.25, 0.3) is 0 Å². The third kappa shape index (κ3) is 4.39. The van der Waals surface area contributed by atoms with Gasteiger partial charge in [0.2, 0.25) is 0 Å². The molecule has 2 aromatic carbocycles. The van der Waals surface area contributed by atoms with Gasteiger partial charge in [-0.1, -0.05) is 22.0 Å². The van der Waals surface area contributed by atoms with Crippen molar-refractivity contribution in [2.45, 2.75) is 37.8 Å². The van der Waals surface area contributed by atoms with Crippen LogP contribution >= 0.6 is 15.9 Å². The molecule has 1 aliphatic heterocycles. The van der Waals surface area contributed by atoms with Crippen molar-refractivity contribution in [1.82, 2.24) is 5.32 Å². The molecule has 0 radical (unpaired) electrons. The first-order valence-corrected chi connectivity index (χ1v) is 10.9. The van der Waals surface area contributed by atoms with Crippen LogP contribution in [0.2, 0.25) is 0 Å². The minimum absolute atomic E-state index is 0.245. The van der Waals surface area contributed by atoms with Gasteiger partial charge < -0.3 is 10.2 Å². The van der Waals surface area contributed by atoms with Crippen molar-refractivity contribution < 1.29 is 8.42 Å². The van der Waals surface area contributed by atoms with Crippen LogP contribution in [0.5, 0.6) is 0 Å². The highest BCUT2D eigenvalue weighted by Gasteiger charge is 2.22. The van der Waals surface area contributed by atoms with E-state index in [-0.39, 0.29) is 4.90 Å². The van der Waals surface area contributed by atoms with E-state index in [1.54, 1.807) is 24.3 Å². The number of sulfonamides is 1. The lowest BCUT2D eigenvalue weighted by Crippen LogP contribution is -2.54. The molecule has 1 fully saturated rings. The van der Waals surface area contributed by atoms with E-state index in [4.69, 9.17) is 0 Å². The Bertz CT molecular complexity index is 874. The van der Waals surface area contributed by atoms with Crippen LogP contribution in [-0.2, 0) is 10.0 Å². The summed E-state index contributed by atoms with van der Waals surface area (Å²) < 4.78 is 29.0. The maximum Gasteiger partial charge on any atom is 0.261 e. The highest BCUT2D eigenvalue weighted by molar-refractivity contribution is 9.10. The molecule has 26 heavy (non-hydrogen) atoms. The number of anilines is 2. The van der Waals surface area contributed by atoms with Gasteiger partial charge in [0.25, 0.3) is 10.0 Å². The lowest BCUT2D eigenvalue weighted by Gasteiger charge is -2.38. The average molecular weight is 438 g/mol. The Balaban J connectivity index is 1.87. The lowest BCUT2D eigenvalue weighted by atomic mass is 10.1. The molecule has 1 aliphatic rings. The molecule has 0 spiro atoms. The fraction of sp³-hybridized carbons (Fsp3) is 0.368. The summed E-state index contributed by atoms with van der Waals surface area (Å²) in [4.78, 5) is 2.54. The average Bonchev–Trinajstić information content (AvgIpc) is 2.56. The van der Waals surface area contributed by atoms with Gasteiger partial charge >= 0.3 is 0 Å². The summed E-state index contributed by atoms with van der Waals surface area (Å²) in [7, 11) is -3.62. The first-order valence-electron chi connectivity index (χ1n) is 8.64. The highest BCUT2D eigenvalue weighted by atomic mass is 79.9. The molecule has 3 rings (SSSR count). The van der Waals surface area contributed by atoms with Crippen molar-refractivity contribution in [1.29, 1.82) is 0 Å². The third-order valence-corrected chi connectivity index (χ3v) is 6.42. The molecular weight excluding hydrogens is 414 g/mol. The van der Waals surface area contributed by atoms with E-state index >= 15 is 0 Å². The lowest BCUT2D eigenvalue weighted by molar-refractivity contribution is 0.407. The van der Waals surface area contributed by atoms with E-state index in [2.05, 4.69) is 50.8 Å². The monoisotopic (exact) mass is 437 g/mol. The second kappa shape index (κ2) is 7.58. The van der Waals surface area contributed by atoms with E-state index in [1.807, 2.05) is 19.1 Å². The van der Waals surface area contributed by atoms with Gasteiger partial charge in [-0.3, -0.25) is 4.72 Å². The van der Waals surface area contributed by atoms with Crippen LogP contribution in [-0.4, -0.2) is 33.6 Å². The zero-order valence-electron chi connectivity index (χ0n) is 15.2. The summed E-state index contributed by atoms with van der Waals surface area (Å²) in [5, 5.41) is 3.51. The van der Waals surface area contributed by atoms with Crippen LogP contribution in [0.15, 0.2) is 51.8 Å². The summed E-state index contributed by atoms with van der Waals surface area (Å²) in [5.41, 5.74) is 2.54. The molecular formula is C19H24BrN3O2S. The Morgan fingerprint density at radius 1 is 1.08 bits per heavy atom. The maximum atomic E-state index is 12.7. The Labute approximate surface area is 164 Å². The molecule has 0 bridgehead atoms. The third-order valence-electron chi connectivity index (χ3n) is 4.51. The van der Waals surface area contributed by atoms with Crippen LogP contribution in [0.3, 0.4) is 0 Å². The molecule has 1 saturated heterocycles. The summed E-state index contributed by atoms with van der Waals surface area (Å²) in [6.07, 6.45) is 0. The van der Waals surface area contributed by atoms with Crippen LogP contribution in [0.4, 0.5) is 11.4 Å². The minimum Gasteiger partial charge on any atom is -0.368 e. The number of aryl methyl sites for hydroxylation is 1. The molecule has 0 amide bonds. The molecule has 1 heterocycles. The maximum absolute atomic E-state index is 12.7. The van der Waals surface area contributed by atoms with Crippen LogP contribution in [0, 0.1) is 6.92 Å². The molecule has 0 saturated carbocycles. The van der Waals surface area contributed by atoms with E-state index in [0.717, 1.165) is 28.8 Å². The molecule has 0 aromatic heterocycles. The van der Waals surface area contributed by atoms with Crippen molar-refractivity contribution in [3.8, 4) is 0 Å². The number of nitrogens with zero attached hydrogens (tertiary/aromatic N) is 1. The number of rotatable bonds is 4. The standard InChI is InChI=1S/C19H24BrN3O2S/c1-13-4-7-17(23-11-14(2)21-15(3)12-23)10-19(13)22-26(24,25)18-8-5-16(20)6-9-18/h4-10,14-15,21-22H,11-12H2,1-3H3/t14-,15+. The van der Waals surface area contributed by atoms with Crippen molar-refractivity contribution in [3.63, 3.8) is 0 Å². The molecule has 2 aromatic rings. The van der Waals surface area contributed by atoms with Crippen LogP contribution in [0.1, 0.15) is 19.4 Å². The van der Waals surface area contributed by atoms with Gasteiger partial charge in [0.1, 0.15) is 0 Å². The summed E-state index contributed by atoms with van der Waals surface area (Å²) in [6, 6.07) is 13.4. The summed E-state index contributed by atoms with van der Waals surface area (Å²) >= 11 is 3.33. The smallest absolute Gasteiger partial charge is 0.261 e. The highest BCUT2D eigenvalue weighted by Crippen LogP contribution is 2.27. The zero-order chi connectivity index (χ0) is 18.9. The number of piperazine rings is 1. The summed E-state index contributed by atoms with van der Waals surface area (Å²) in [5.74, 6) is 0. The molecule has 2 N–H and O–H groups in total. The first kappa shape index (κ1) is 19.2. The molecule has 140 valence electrons. The van der Waals surface area contributed by atoms with E-state index in [9.17, 15) is 8.42 Å². The second-order valence-electron chi connectivity index (χ2n) is 6.93. The summed E-state index contributed by atoms with van der Waals surface area (Å²) in [6.45, 7) is 8.02. The quantitative estimate of drug-likeness (QED) is 0.764. The van der Waals surface area contributed by atoms with Gasteiger partial charge in [-0.15, -0.1) is 0 Å². The van der Waals surface area contributed by atoms with Crippen molar-refractivity contribution in [3.05, 3.63) is 52.5 Å². The van der Waals surface area contributed by atoms with Gasteiger partial charge in [0, 0.05) is 35.3 Å². The number of hydrogen-bond donors (Lipinski definition) is 2. The van der Waals surface area contributed by atoms with Crippen molar-refractivity contribution >= 4 is 37.3 Å². The molecule has 0 aliphatic carbocycles. The number of nitrogens with one attached hydrogen (secondary N) is 2. The van der Waals surface area contributed by atoms with Crippen molar-refractivity contribution in [2.75, 3.05) is 22.7 Å². The first-order chi connectivity index (χ1) is 12.2. The fourth-order valence-corrected chi connectivity index (χ4v) is 4.66. The Hall–Kier alpha value is -1.57. The molecule has 7 heteroatoms. The number of halogens is 1. The predicted octanol–water partition coefficient (Wildman–Crippen LogP) is 3.74. The molecule has 0 unspecified atom stereocenters. The zero-order valence-corrected chi connectivity index (χ0v) is 17.6. The van der Waals surface area contributed by atoms with Gasteiger partial charge in [-0.25, -0.2) is 8.42 Å². The van der Waals surface area contributed by atoms with E-state index in [1.165, 1.54) is 0 Å². The van der Waals surface area contributed by atoms with Gasteiger partial charge in [0.05, 0.1) is 10.6 Å². The van der Waals surface area contributed by atoms with E-state index in [0.29, 0.717) is 17.8 Å². The Morgan fingerprint density at radius 3 is 2.31 bits per heavy atom. The van der Waals surface area contributed by atoms with Gasteiger partial charge in [-0.05, 0) is 62.7 Å². The number of benzene rings is 2. The normalized spacial score (nSPS) is 20.8. The SMILES string of the molecule is Cc1ccc(N2C[C@@H](C)N[C@@H](C)C2)cc1NS(=O)(=O)c1ccc(Br)cc1. The predicted molar refractivity (Wildman–Crippen MR) is 110 cm³/mol. The largest absolute Gasteiger partial charge is 0.368 e. The van der Waals surface area contributed by atoms with Crippen LogP contribution < -0.4 is 14.9 Å². The fourth-order valence-electron chi connectivity index (χ4n) is 3.27. The Kier molecular flexibility index (Phi) is 5.60. The van der Waals surface area contributed by atoms with Crippen molar-refractivity contribution in [2.24, 2.45) is 0 Å². The number of hydrogen-bond acceptors (Lipinski definition) is 4. The Morgan fingerprint density at radius 2 is 1.69 bits per heavy atom. The molecule has 2 atom stereocenters. The van der Waals surface area contributed by atoms with Gasteiger partial charge in [0.15, 0.2) is 0 Å². The topological polar surface area (TPSA) is 61.4 Å². The van der Waals surface area contributed by atoms with Gasteiger partial charge in [-0.2, -0.15) is 0 Å². The second-order valence-corrected chi connectivity index (χ2v) is 9.53. The molecule has 5 nitrogen and oxygen atoms in total. The minimum atomic E-state index is -3.62.